The molecule has 4 fully saturated rings. The second kappa shape index (κ2) is 12.8. The lowest BCUT2D eigenvalue weighted by atomic mass is 9.56. The van der Waals surface area contributed by atoms with Gasteiger partial charge in [-0.2, -0.15) is 0 Å². The SMILES string of the molecule is COc1cc(C2=CN(C)C(=O)N3CCCCC23)cc(OC)c1CN1CCC2(CC1)CC(c1ccc3c(c1)C(=O)N(C1CCC(=O)NC1=O)C3=O)C2. The Morgan fingerprint density at radius 3 is 2.24 bits per heavy atom. The summed E-state index contributed by atoms with van der Waals surface area (Å²) in [5, 5.41) is 2.25. The molecule has 268 valence electrons. The van der Waals surface area contributed by atoms with Crippen LogP contribution in [0.4, 0.5) is 4.79 Å². The van der Waals surface area contributed by atoms with Gasteiger partial charge in [-0.05, 0) is 117 Å². The Morgan fingerprint density at radius 1 is 0.843 bits per heavy atom. The molecule has 6 aliphatic rings. The smallest absolute Gasteiger partial charge is 0.324 e. The third-order valence-electron chi connectivity index (χ3n) is 12.3. The molecule has 0 radical (unpaired) electrons. The van der Waals surface area contributed by atoms with E-state index in [1.54, 1.807) is 25.2 Å². The van der Waals surface area contributed by atoms with Gasteiger partial charge in [0.2, 0.25) is 11.8 Å². The van der Waals surface area contributed by atoms with E-state index in [-0.39, 0.29) is 36.2 Å². The molecule has 3 saturated heterocycles. The number of nitrogens with zero attached hydrogens (tertiary/aromatic N) is 4. The number of rotatable bonds is 7. The second-order valence-corrected chi connectivity index (χ2v) is 15.2. The van der Waals surface area contributed by atoms with E-state index in [0.29, 0.717) is 23.6 Å². The van der Waals surface area contributed by atoms with E-state index in [4.69, 9.17) is 9.47 Å². The number of amides is 6. The predicted molar refractivity (Wildman–Crippen MR) is 187 cm³/mol. The number of carbonyl (C=O) groups is 5. The highest BCUT2D eigenvalue weighted by molar-refractivity contribution is 6.23. The summed E-state index contributed by atoms with van der Waals surface area (Å²) in [4.78, 5) is 70.6. The molecular formula is C39H45N5O7. The van der Waals surface area contributed by atoms with Gasteiger partial charge in [0.05, 0.1) is 37.0 Å². The largest absolute Gasteiger partial charge is 0.496 e. The maximum absolute atomic E-state index is 13.4. The summed E-state index contributed by atoms with van der Waals surface area (Å²) in [7, 11) is 5.22. The molecule has 1 N–H and O–H groups in total. The van der Waals surface area contributed by atoms with Gasteiger partial charge in [0.1, 0.15) is 17.5 Å². The monoisotopic (exact) mass is 695 g/mol. The quantitative estimate of drug-likeness (QED) is 0.419. The number of likely N-dealkylation sites (tertiary alicyclic amines) is 1. The van der Waals surface area contributed by atoms with E-state index in [1.807, 2.05) is 30.3 Å². The number of fused-ring (bicyclic) bond motifs is 2. The molecule has 51 heavy (non-hydrogen) atoms. The van der Waals surface area contributed by atoms with Gasteiger partial charge in [0, 0.05) is 32.8 Å². The first-order chi connectivity index (χ1) is 24.6. The van der Waals surface area contributed by atoms with Crippen LogP contribution < -0.4 is 14.8 Å². The number of hydrogen-bond donors (Lipinski definition) is 1. The Kier molecular flexibility index (Phi) is 8.40. The standard InChI is InChI=1S/C39H45N5O7/c1-41-21-28(30-6-4-5-13-43(30)38(41)49)24-17-32(50-2)29(33(18-24)51-3)22-42-14-11-39(12-15-42)19-25(20-39)23-7-8-26-27(16-23)37(48)44(36(26)47)31-9-10-34(45)40-35(31)46/h7-8,16-18,21,25,30-31H,4-6,9-15,19-20,22H2,1-3H3,(H,40,45,46). The first kappa shape index (κ1) is 33.4. The highest BCUT2D eigenvalue weighted by Gasteiger charge is 2.48. The van der Waals surface area contributed by atoms with Gasteiger partial charge >= 0.3 is 6.03 Å². The topological polar surface area (TPSA) is 129 Å². The maximum atomic E-state index is 13.4. The zero-order valence-electron chi connectivity index (χ0n) is 29.5. The summed E-state index contributed by atoms with van der Waals surface area (Å²) in [6.45, 7) is 3.39. The molecule has 1 spiro atoms. The molecule has 12 heteroatoms. The molecule has 1 aliphatic carbocycles. The Hall–Kier alpha value is -4.71. The van der Waals surface area contributed by atoms with Crippen LogP contribution in [-0.2, 0) is 16.1 Å². The molecular weight excluding hydrogens is 650 g/mol. The Labute approximate surface area is 297 Å². The Morgan fingerprint density at radius 2 is 1.55 bits per heavy atom. The maximum Gasteiger partial charge on any atom is 0.324 e. The molecule has 0 aromatic heterocycles. The summed E-state index contributed by atoms with van der Waals surface area (Å²) in [6, 6.07) is 8.88. The summed E-state index contributed by atoms with van der Waals surface area (Å²) < 4.78 is 11.9. The molecule has 2 aromatic rings. The van der Waals surface area contributed by atoms with Crippen LogP contribution in [0.5, 0.6) is 11.5 Å². The average molecular weight is 696 g/mol. The number of methoxy groups -OCH3 is 2. The predicted octanol–water partition coefficient (Wildman–Crippen LogP) is 4.53. The molecule has 2 aromatic carbocycles. The number of ether oxygens (including phenoxy) is 2. The third-order valence-corrected chi connectivity index (χ3v) is 12.3. The number of nitrogens with one attached hydrogen (secondary N) is 1. The number of piperidine rings is 3. The second-order valence-electron chi connectivity index (χ2n) is 15.2. The minimum atomic E-state index is -0.959. The van der Waals surface area contributed by atoms with Gasteiger partial charge in [-0.15, -0.1) is 0 Å². The van der Waals surface area contributed by atoms with Crippen molar-refractivity contribution in [3.8, 4) is 11.5 Å². The van der Waals surface area contributed by atoms with Crippen molar-refractivity contribution in [2.24, 2.45) is 5.41 Å². The molecule has 6 amide bonds. The lowest BCUT2D eigenvalue weighted by Crippen LogP contribution is -2.54. The van der Waals surface area contributed by atoms with Crippen molar-refractivity contribution in [1.29, 1.82) is 0 Å². The fourth-order valence-electron chi connectivity index (χ4n) is 9.39. The van der Waals surface area contributed by atoms with Gasteiger partial charge in [-0.1, -0.05) is 6.07 Å². The van der Waals surface area contributed by atoms with Crippen LogP contribution in [0.15, 0.2) is 36.5 Å². The van der Waals surface area contributed by atoms with Gasteiger partial charge in [-0.3, -0.25) is 34.3 Å². The molecule has 1 saturated carbocycles. The molecule has 5 aliphatic heterocycles. The van der Waals surface area contributed by atoms with Gasteiger partial charge in [-0.25, -0.2) is 4.79 Å². The van der Waals surface area contributed by atoms with E-state index in [1.165, 1.54) is 0 Å². The van der Waals surface area contributed by atoms with Crippen LogP contribution in [0.25, 0.3) is 5.57 Å². The summed E-state index contributed by atoms with van der Waals surface area (Å²) in [5.74, 6) is -0.0180. The lowest BCUT2D eigenvalue weighted by molar-refractivity contribution is -0.136. The van der Waals surface area contributed by atoms with Crippen molar-refractivity contribution in [1.82, 2.24) is 24.9 Å². The summed E-state index contributed by atoms with van der Waals surface area (Å²) in [5.41, 5.74) is 5.14. The first-order valence-electron chi connectivity index (χ1n) is 18.2. The Balaban J connectivity index is 0.918. The van der Waals surface area contributed by atoms with Crippen LogP contribution in [0.2, 0.25) is 0 Å². The normalized spacial score (nSPS) is 25.0. The first-order valence-corrected chi connectivity index (χ1v) is 18.2. The fourth-order valence-corrected chi connectivity index (χ4v) is 9.39. The van der Waals surface area contributed by atoms with Crippen molar-refractivity contribution >= 4 is 35.2 Å². The van der Waals surface area contributed by atoms with Crippen molar-refractivity contribution in [2.45, 2.75) is 82.3 Å². The number of imide groups is 2. The summed E-state index contributed by atoms with van der Waals surface area (Å²) in [6.07, 6.45) is 9.49. The molecule has 8 rings (SSSR count). The molecule has 2 atom stereocenters. The highest BCUT2D eigenvalue weighted by atomic mass is 16.5. The van der Waals surface area contributed by atoms with E-state index in [2.05, 4.69) is 22.3 Å². The van der Waals surface area contributed by atoms with Gasteiger partial charge in [0.25, 0.3) is 11.8 Å². The number of hydrogen-bond acceptors (Lipinski definition) is 8. The molecule has 2 unspecified atom stereocenters. The summed E-state index contributed by atoms with van der Waals surface area (Å²) >= 11 is 0. The lowest BCUT2D eigenvalue weighted by Gasteiger charge is -2.52. The van der Waals surface area contributed by atoms with Gasteiger partial charge in [0.15, 0.2) is 0 Å². The van der Waals surface area contributed by atoms with E-state index in [0.717, 1.165) is 103 Å². The van der Waals surface area contributed by atoms with E-state index in [9.17, 15) is 24.0 Å². The number of carbonyl (C=O) groups excluding carboxylic acids is 5. The van der Waals surface area contributed by atoms with Crippen molar-refractivity contribution < 1.29 is 33.4 Å². The van der Waals surface area contributed by atoms with Crippen LogP contribution in [0.3, 0.4) is 0 Å². The Bertz CT molecular complexity index is 1830. The average Bonchev–Trinajstić information content (AvgIpc) is 3.37. The van der Waals surface area contributed by atoms with Gasteiger partial charge < -0.3 is 19.3 Å². The highest BCUT2D eigenvalue weighted by Crippen LogP contribution is 2.57. The number of urea groups is 1. The van der Waals surface area contributed by atoms with Crippen molar-refractivity contribution in [3.63, 3.8) is 0 Å². The number of benzene rings is 2. The van der Waals surface area contributed by atoms with Crippen LogP contribution >= 0.6 is 0 Å². The zero-order valence-corrected chi connectivity index (χ0v) is 29.5. The fraction of sp³-hybridized carbons (Fsp3) is 0.513. The van der Waals surface area contributed by atoms with Crippen LogP contribution in [0, 0.1) is 5.41 Å². The minimum Gasteiger partial charge on any atom is -0.496 e. The zero-order chi connectivity index (χ0) is 35.6. The van der Waals surface area contributed by atoms with E-state index >= 15 is 0 Å². The molecule has 12 nitrogen and oxygen atoms in total. The molecule has 0 bridgehead atoms. The van der Waals surface area contributed by atoms with Crippen molar-refractivity contribution in [2.75, 3.05) is 40.9 Å². The van der Waals surface area contributed by atoms with Crippen LogP contribution in [-0.4, -0.2) is 102 Å². The molecule has 5 heterocycles. The van der Waals surface area contributed by atoms with E-state index < -0.39 is 23.8 Å². The third kappa shape index (κ3) is 5.68. The minimum absolute atomic E-state index is 0.0527. The van der Waals surface area contributed by atoms with Crippen molar-refractivity contribution in [3.05, 3.63) is 64.3 Å². The van der Waals surface area contributed by atoms with Crippen LogP contribution in [0.1, 0.15) is 101 Å².